The molecule has 0 saturated heterocycles. The quantitative estimate of drug-likeness (QED) is 0.0177. The molecular weight excluding hydrogens is 950 g/mol. The van der Waals surface area contributed by atoms with E-state index in [0.717, 1.165) is 23.5 Å². The number of anilines is 2. The second-order valence-electron chi connectivity index (χ2n) is 18.4. The Morgan fingerprint density at radius 2 is 0.929 bits per heavy atom. The third-order valence-corrected chi connectivity index (χ3v) is 12.6. The maximum absolute atomic E-state index is 12.7. The molecule has 380 valence electrons. The van der Waals surface area contributed by atoms with Gasteiger partial charge >= 0.3 is 0 Å². The van der Waals surface area contributed by atoms with E-state index in [1.165, 1.54) is 134 Å². The van der Waals surface area contributed by atoms with Gasteiger partial charge in [-0.05, 0) is 98.5 Å². The molecule has 4 aromatic carbocycles. The fraction of sp³-hybridized carbons (Fsp3) is 0.472. The van der Waals surface area contributed by atoms with Crippen molar-refractivity contribution in [1.29, 1.82) is 0 Å². The van der Waals surface area contributed by atoms with E-state index < -0.39 is 50.5 Å². The zero-order chi connectivity index (χ0) is 51.5. The largest absolute Gasteiger partial charge is 0.744 e. The van der Waals surface area contributed by atoms with Gasteiger partial charge < -0.3 is 19.7 Å². The summed E-state index contributed by atoms with van der Waals surface area (Å²) < 4.78 is 34.4. The van der Waals surface area contributed by atoms with Crippen LogP contribution in [0.1, 0.15) is 124 Å². The first-order valence-corrected chi connectivity index (χ1v) is 26.4. The van der Waals surface area contributed by atoms with Crippen LogP contribution in [-0.2, 0) is 29.3 Å². The van der Waals surface area contributed by atoms with Crippen LogP contribution >= 0.6 is 23.2 Å². The third-order valence-electron chi connectivity index (χ3n) is 11.2. The number of ketones is 2. The summed E-state index contributed by atoms with van der Waals surface area (Å²) in [5, 5.41) is 21.1. The molecular formula is C53H71Cl2N7O7S. The summed E-state index contributed by atoms with van der Waals surface area (Å²) in [6.07, 6.45) is 23.4. The minimum Gasteiger partial charge on any atom is -0.744 e. The molecule has 2 N–H and O–H groups in total. The minimum atomic E-state index is -4.67. The van der Waals surface area contributed by atoms with E-state index in [4.69, 9.17) is 23.2 Å². The average Bonchev–Trinajstić information content (AvgIpc) is 3.29. The number of carbonyl (C=O) groups is 4. The van der Waals surface area contributed by atoms with Crippen LogP contribution in [-0.4, -0.2) is 80.6 Å². The van der Waals surface area contributed by atoms with Crippen LogP contribution in [0.3, 0.4) is 0 Å². The van der Waals surface area contributed by atoms with Crippen LogP contribution in [0.25, 0.3) is 11.1 Å². The van der Waals surface area contributed by atoms with E-state index in [-0.39, 0.29) is 27.1 Å². The summed E-state index contributed by atoms with van der Waals surface area (Å²) in [5.74, 6) is -2.61. The average molecular weight is 1020 g/mol. The molecule has 14 nitrogen and oxygen atoms in total. The third kappa shape index (κ3) is 23.2. The molecule has 0 aromatic heterocycles. The number of nitrogens with zero attached hydrogens (tertiary/aromatic N) is 5. The molecule has 17 heteroatoms. The lowest BCUT2D eigenvalue weighted by atomic mass is 10.0. The van der Waals surface area contributed by atoms with Gasteiger partial charge in [0.15, 0.2) is 11.6 Å². The van der Waals surface area contributed by atoms with E-state index in [0.29, 0.717) is 16.8 Å². The fourth-order valence-corrected chi connectivity index (χ4v) is 8.10. The number of unbranched alkanes of at least 4 members (excludes halogenated alkanes) is 15. The summed E-state index contributed by atoms with van der Waals surface area (Å²) in [5.41, 5.74) is 2.27. The number of rotatable bonds is 29. The van der Waals surface area contributed by atoms with Gasteiger partial charge in [-0.15, -0.1) is 0 Å². The van der Waals surface area contributed by atoms with Gasteiger partial charge in [0, 0.05) is 11.4 Å². The molecule has 0 radical (unpaired) electrons. The van der Waals surface area contributed by atoms with Crippen molar-refractivity contribution < 1.29 is 36.6 Å². The van der Waals surface area contributed by atoms with E-state index in [1.54, 1.807) is 60.7 Å². The van der Waals surface area contributed by atoms with Crippen LogP contribution < -0.4 is 10.6 Å². The van der Waals surface area contributed by atoms with Crippen molar-refractivity contribution in [3.63, 3.8) is 0 Å². The zero-order valence-corrected chi connectivity index (χ0v) is 43.9. The molecule has 0 bridgehead atoms. The summed E-state index contributed by atoms with van der Waals surface area (Å²) in [7, 11) is 2.23. The Bertz CT molecular complexity index is 2450. The first-order valence-electron chi connectivity index (χ1n) is 24.2. The summed E-state index contributed by atoms with van der Waals surface area (Å²) in [6.45, 7) is 6.01. The highest BCUT2D eigenvalue weighted by atomic mass is 35.5. The number of hydrogen-bond acceptors (Lipinski definition) is 11. The number of nitrogens with one attached hydrogen (secondary N) is 2. The van der Waals surface area contributed by atoms with Gasteiger partial charge in [0.25, 0.3) is 11.8 Å². The number of amides is 2. The number of quaternary nitrogens is 1. The van der Waals surface area contributed by atoms with E-state index in [9.17, 15) is 32.1 Å². The van der Waals surface area contributed by atoms with Crippen molar-refractivity contribution >= 4 is 79.5 Å². The highest BCUT2D eigenvalue weighted by Crippen LogP contribution is 2.35. The number of Topliss-reactive ketones (excluding diaryl/α,β-unsaturated/α-hetero) is 2. The predicted octanol–water partition coefficient (Wildman–Crippen LogP) is 13.9. The molecule has 70 heavy (non-hydrogen) atoms. The first-order chi connectivity index (χ1) is 33.3. The molecule has 4 rings (SSSR count). The van der Waals surface area contributed by atoms with E-state index in [2.05, 4.69) is 59.2 Å². The van der Waals surface area contributed by atoms with Gasteiger partial charge in [0.1, 0.15) is 21.5 Å². The molecule has 2 amide bonds. The molecule has 0 aliphatic rings. The van der Waals surface area contributed by atoms with Crippen molar-refractivity contribution in [2.24, 2.45) is 20.5 Å². The SMILES string of the molecule is CC(=O)C(N=Nc1ccc(-c2ccc(N=NC(C(C)=O)C(=O)Nc3ccc(S(=O)(=O)[O-])cc3)c(Cl)c2)cc1Cl)C(=O)Nc1ccccc1.CCCCCCCCCCCCCCCCCC[N+](C)(C)C. The lowest BCUT2D eigenvalue weighted by Gasteiger charge is -2.23. The van der Waals surface area contributed by atoms with Crippen LogP contribution in [0.2, 0.25) is 10.0 Å². The summed E-state index contributed by atoms with van der Waals surface area (Å²) >= 11 is 12.9. The molecule has 0 aliphatic heterocycles. The standard InChI is InChI=1S/C32H26Cl2N6O7S.C21H46N/c1-18(41)29(31(43)35-22-6-4-3-5-7-22)39-37-27-14-8-20(16-25(27)33)21-9-15-28(26(34)17-21)38-40-30(19(2)42)32(44)36-23-10-12-24(13-11-23)48(45,46)47;1-5-6-7-8-9-10-11-12-13-14-15-16-17-18-19-20-21-22(2,3)4/h3-17,29-30H,1-2H3,(H,35,43)(H,36,44)(H,45,46,47);5-21H2,1-4H3/q;+1/p-1. The Balaban J connectivity index is 0.000000496. The molecule has 0 aliphatic carbocycles. The molecule has 0 saturated carbocycles. The maximum Gasteiger partial charge on any atom is 0.258 e. The van der Waals surface area contributed by atoms with Crippen LogP contribution in [0.5, 0.6) is 0 Å². The second kappa shape index (κ2) is 31.2. The number of carbonyl (C=O) groups excluding carboxylic acids is 4. The number of hydrogen-bond donors (Lipinski definition) is 2. The first kappa shape index (κ1) is 59.1. The highest BCUT2D eigenvalue weighted by Gasteiger charge is 2.25. The molecule has 0 spiro atoms. The Kier molecular flexibility index (Phi) is 26.4. The van der Waals surface area contributed by atoms with Crippen molar-refractivity contribution in [3.8, 4) is 11.1 Å². The Morgan fingerprint density at radius 3 is 1.27 bits per heavy atom. The number of benzene rings is 4. The summed E-state index contributed by atoms with van der Waals surface area (Å²) in [6, 6.07) is 19.7. The van der Waals surface area contributed by atoms with Gasteiger partial charge in [-0.3, -0.25) is 19.2 Å². The van der Waals surface area contributed by atoms with E-state index in [1.807, 2.05) is 0 Å². The second-order valence-corrected chi connectivity index (χ2v) is 20.6. The molecule has 0 heterocycles. The fourth-order valence-electron chi connectivity index (χ4n) is 7.19. The Labute approximate surface area is 425 Å². The monoisotopic (exact) mass is 1020 g/mol. The van der Waals surface area contributed by atoms with Crippen molar-refractivity contribution in [3.05, 3.63) is 101 Å². The zero-order valence-electron chi connectivity index (χ0n) is 41.6. The van der Waals surface area contributed by atoms with Gasteiger partial charge in [-0.25, -0.2) is 8.42 Å². The highest BCUT2D eigenvalue weighted by molar-refractivity contribution is 7.85. The van der Waals surface area contributed by atoms with Crippen LogP contribution in [0.4, 0.5) is 22.7 Å². The predicted molar refractivity (Wildman–Crippen MR) is 280 cm³/mol. The maximum atomic E-state index is 12.7. The van der Waals surface area contributed by atoms with E-state index >= 15 is 0 Å². The van der Waals surface area contributed by atoms with Gasteiger partial charge in [-0.2, -0.15) is 20.5 Å². The number of halogens is 2. The normalized spacial score (nSPS) is 12.6. The summed E-state index contributed by atoms with van der Waals surface area (Å²) in [4.78, 5) is 49.1. The molecule has 0 fully saturated rings. The minimum absolute atomic E-state index is 0.134. The van der Waals surface area contributed by atoms with Crippen molar-refractivity contribution in [1.82, 2.24) is 0 Å². The van der Waals surface area contributed by atoms with Crippen LogP contribution in [0.15, 0.2) is 116 Å². The van der Waals surface area contributed by atoms with Gasteiger partial charge in [0.2, 0.25) is 12.1 Å². The van der Waals surface area contributed by atoms with Crippen molar-refractivity contribution in [2.45, 2.75) is 140 Å². The Morgan fingerprint density at radius 1 is 0.557 bits per heavy atom. The lowest BCUT2D eigenvalue weighted by molar-refractivity contribution is -0.870. The molecule has 2 unspecified atom stereocenters. The van der Waals surface area contributed by atoms with Gasteiger partial charge in [0.05, 0.1) is 42.6 Å². The number of para-hydroxylation sites is 1. The number of azo groups is 2. The topological polar surface area (TPSA) is 199 Å². The van der Waals surface area contributed by atoms with Gasteiger partial charge in [-0.1, -0.05) is 150 Å². The molecule has 4 aromatic rings. The van der Waals surface area contributed by atoms with Crippen molar-refractivity contribution in [2.75, 3.05) is 38.3 Å². The smallest absolute Gasteiger partial charge is 0.258 e. The Hall–Kier alpha value is -5.19. The molecule has 2 atom stereocenters. The van der Waals surface area contributed by atoms with Crippen LogP contribution in [0, 0.1) is 0 Å². The lowest BCUT2D eigenvalue weighted by Crippen LogP contribution is -2.35.